The Morgan fingerprint density at radius 2 is 1.86 bits per heavy atom. The van der Waals surface area contributed by atoms with E-state index in [1.54, 1.807) is 4.90 Å². The van der Waals surface area contributed by atoms with Crippen molar-refractivity contribution in [3.05, 3.63) is 65.2 Å². The molecule has 22 heavy (non-hydrogen) atoms. The lowest BCUT2D eigenvalue weighted by Gasteiger charge is -2.19. The Hall–Kier alpha value is -2.62. The van der Waals surface area contributed by atoms with Gasteiger partial charge in [-0.15, -0.1) is 0 Å². The van der Waals surface area contributed by atoms with Gasteiger partial charge in [0, 0.05) is 12.5 Å². The maximum atomic E-state index is 12.8. The Bertz CT molecular complexity index is 725. The Morgan fingerprint density at radius 1 is 1.14 bits per heavy atom. The number of nitrogens with one attached hydrogen (secondary N) is 1. The molecular weight excluding hydrogens is 276 g/mol. The van der Waals surface area contributed by atoms with Crippen LogP contribution >= 0.6 is 0 Å². The number of aryl methyl sites for hydroxylation is 1. The van der Waals surface area contributed by atoms with Crippen molar-refractivity contribution < 1.29 is 9.59 Å². The molecule has 0 aliphatic carbocycles. The molecule has 0 saturated heterocycles. The lowest BCUT2D eigenvalue weighted by Crippen LogP contribution is -2.36. The average Bonchev–Trinajstić information content (AvgIpc) is 2.75. The van der Waals surface area contributed by atoms with E-state index in [0.717, 1.165) is 22.4 Å². The van der Waals surface area contributed by atoms with Crippen LogP contribution in [0.2, 0.25) is 0 Å². The third-order valence-electron chi connectivity index (χ3n) is 3.89. The standard InChI is InChI=1S/C18H18N2O2/c1-12-7-6-10-15-16(19-13(2)21)18(22)20(17(12)15)11-14-8-4-3-5-9-14/h3-10,16H,11H2,1-2H3,(H,19,21)/t16-/m0/s1. The lowest BCUT2D eigenvalue weighted by atomic mass is 10.1. The fourth-order valence-corrected chi connectivity index (χ4v) is 2.95. The maximum absolute atomic E-state index is 12.8. The third-order valence-corrected chi connectivity index (χ3v) is 3.89. The molecule has 4 heteroatoms. The minimum Gasteiger partial charge on any atom is -0.341 e. The van der Waals surface area contributed by atoms with E-state index in [9.17, 15) is 9.59 Å². The van der Waals surface area contributed by atoms with Crippen LogP contribution in [0.15, 0.2) is 48.5 Å². The van der Waals surface area contributed by atoms with Crippen LogP contribution in [-0.4, -0.2) is 11.8 Å². The normalized spacial score (nSPS) is 16.5. The number of carbonyl (C=O) groups is 2. The largest absolute Gasteiger partial charge is 0.341 e. The molecule has 0 aromatic heterocycles. The van der Waals surface area contributed by atoms with E-state index in [4.69, 9.17) is 0 Å². The average molecular weight is 294 g/mol. The number of hydrogen-bond donors (Lipinski definition) is 1. The molecule has 0 bridgehead atoms. The van der Waals surface area contributed by atoms with Gasteiger partial charge in [0.15, 0.2) is 0 Å². The van der Waals surface area contributed by atoms with Gasteiger partial charge in [0.2, 0.25) is 5.91 Å². The van der Waals surface area contributed by atoms with Crippen molar-refractivity contribution in [1.29, 1.82) is 0 Å². The van der Waals surface area contributed by atoms with E-state index in [1.165, 1.54) is 6.92 Å². The molecule has 1 aliphatic rings. The number of hydrogen-bond acceptors (Lipinski definition) is 2. The number of anilines is 1. The van der Waals surface area contributed by atoms with Crippen molar-refractivity contribution in [2.45, 2.75) is 26.4 Å². The van der Waals surface area contributed by atoms with Gasteiger partial charge in [-0.3, -0.25) is 9.59 Å². The monoisotopic (exact) mass is 294 g/mol. The zero-order valence-corrected chi connectivity index (χ0v) is 12.7. The SMILES string of the molecule is CC(=O)N[C@@H]1C(=O)N(Cc2ccccc2)c2c(C)cccc21. The number of rotatable bonds is 3. The molecule has 0 fully saturated rings. The van der Waals surface area contributed by atoms with E-state index in [2.05, 4.69) is 5.32 Å². The first-order valence-corrected chi connectivity index (χ1v) is 7.30. The van der Waals surface area contributed by atoms with Crippen LogP contribution in [0.4, 0.5) is 5.69 Å². The summed E-state index contributed by atoms with van der Waals surface area (Å²) >= 11 is 0. The minimum atomic E-state index is -0.587. The van der Waals surface area contributed by atoms with Gasteiger partial charge in [-0.2, -0.15) is 0 Å². The maximum Gasteiger partial charge on any atom is 0.254 e. The van der Waals surface area contributed by atoms with Gasteiger partial charge in [0.1, 0.15) is 6.04 Å². The van der Waals surface area contributed by atoms with Gasteiger partial charge < -0.3 is 10.2 Å². The molecule has 0 radical (unpaired) electrons. The van der Waals surface area contributed by atoms with Gasteiger partial charge in [0.25, 0.3) is 5.91 Å². The molecule has 1 aliphatic heterocycles. The summed E-state index contributed by atoms with van der Waals surface area (Å²) < 4.78 is 0. The van der Waals surface area contributed by atoms with Crippen LogP contribution < -0.4 is 10.2 Å². The molecule has 0 saturated carbocycles. The topological polar surface area (TPSA) is 49.4 Å². The van der Waals surface area contributed by atoms with Crippen molar-refractivity contribution >= 4 is 17.5 Å². The van der Waals surface area contributed by atoms with E-state index in [1.807, 2.05) is 55.5 Å². The van der Waals surface area contributed by atoms with E-state index in [0.29, 0.717) is 6.54 Å². The minimum absolute atomic E-state index is 0.0802. The molecule has 112 valence electrons. The van der Waals surface area contributed by atoms with Crippen LogP contribution in [0.1, 0.15) is 29.7 Å². The van der Waals surface area contributed by atoms with Gasteiger partial charge in [-0.25, -0.2) is 0 Å². The number of nitrogens with zero attached hydrogens (tertiary/aromatic N) is 1. The van der Waals surface area contributed by atoms with E-state index >= 15 is 0 Å². The number of benzene rings is 2. The van der Waals surface area contributed by atoms with Gasteiger partial charge in [-0.1, -0.05) is 48.5 Å². The first-order chi connectivity index (χ1) is 10.6. The molecule has 2 aromatic carbocycles. The first kappa shape index (κ1) is 14.3. The Morgan fingerprint density at radius 3 is 2.55 bits per heavy atom. The van der Waals surface area contributed by atoms with Crippen molar-refractivity contribution in [3.63, 3.8) is 0 Å². The predicted molar refractivity (Wildman–Crippen MR) is 85.4 cm³/mol. The van der Waals surface area contributed by atoms with Crippen molar-refractivity contribution in [3.8, 4) is 0 Å². The van der Waals surface area contributed by atoms with Crippen LogP contribution in [-0.2, 0) is 16.1 Å². The highest BCUT2D eigenvalue weighted by atomic mass is 16.2. The number of carbonyl (C=O) groups excluding carboxylic acids is 2. The summed E-state index contributed by atoms with van der Waals surface area (Å²) in [5.41, 5.74) is 3.88. The summed E-state index contributed by atoms with van der Waals surface area (Å²) in [7, 11) is 0. The molecule has 0 spiro atoms. The summed E-state index contributed by atoms with van der Waals surface area (Å²) in [5.74, 6) is -0.282. The Kier molecular flexibility index (Phi) is 3.67. The Labute approximate surface area is 129 Å². The molecule has 1 N–H and O–H groups in total. The van der Waals surface area contributed by atoms with Crippen LogP contribution in [0.25, 0.3) is 0 Å². The number of amides is 2. The fraction of sp³-hybridized carbons (Fsp3) is 0.222. The summed E-state index contributed by atoms with van der Waals surface area (Å²) in [4.78, 5) is 26.0. The fourth-order valence-electron chi connectivity index (χ4n) is 2.95. The highest BCUT2D eigenvalue weighted by Crippen LogP contribution is 2.39. The quantitative estimate of drug-likeness (QED) is 0.946. The zero-order valence-electron chi connectivity index (χ0n) is 12.7. The smallest absolute Gasteiger partial charge is 0.254 e. The zero-order chi connectivity index (χ0) is 15.7. The molecular formula is C18H18N2O2. The second kappa shape index (κ2) is 5.64. The summed E-state index contributed by atoms with van der Waals surface area (Å²) in [6.45, 7) is 3.93. The van der Waals surface area contributed by atoms with Crippen molar-refractivity contribution in [1.82, 2.24) is 5.32 Å². The first-order valence-electron chi connectivity index (χ1n) is 7.30. The number of para-hydroxylation sites is 1. The second-order valence-corrected chi connectivity index (χ2v) is 5.56. The lowest BCUT2D eigenvalue weighted by molar-refractivity contribution is -0.126. The highest BCUT2D eigenvalue weighted by molar-refractivity contribution is 6.06. The molecule has 1 heterocycles. The van der Waals surface area contributed by atoms with Crippen LogP contribution in [0, 0.1) is 6.92 Å². The third kappa shape index (κ3) is 2.48. The van der Waals surface area contributed by atoms with Gasteiger partial charge in [0.05, 0.1) is 12.2 Å². The molecule has 4 nitrogen and oxygen atoms in total. The van der Waals surface area contributed by atoms with Crippen molar-refractivity contribution in [2.24, 2.45) is 0 Å². The summed E-state index contributed by atoms with van der Waals surface area (Å²) in [6.07, 6.45) is 0. The van der Waals surface area contributed by atoms with E-state index < -0.39 is 6.04 Å². The molecule has 3 rings (SSSR count). The highest BCUT2D eigenvalue weighted by Gasteiger charge is 2.38. The van der Waals surface area contributed by atoms with Crippen LogP contribution in [0.5, 0.6) is 0 Å². The summed E-state index contributed by atoms with van der Waals surface area (Å²) in [6, 6.07) is 15.1. The van der Waals surface area contributed by atoms with Crippen LogP contribution in [0.3, 0.4) is 0 Å². The van der Waals surface area contributed by atoms with Gasteiger partial charge >= 0.3 is 0 Å². The van der Waals surface area contributed by atoms with Crippen molar-refractivity contribution in [2.75, 3.05) is 4.90 Å². The van der Waals surface area contributed by atoms with Gasteiger partial charge in [-0.05, 0) is 18.1 Å². The predicted octanol–water partition coefficient (Wildman–Crippen LogP) is 2.72. The van der Waals surface area contributed by atoms with E-state index in [-0.39, 0.29) is 11.8 Å². The Balaban J connectivity index is 2.01. The summed E-state index contributed by atoms with van der Waals surface area (Å²) in [5, 5.41) is 2.76. The molecule has 2 amide bonds. The molecule has 0 unspecified atom stereocenters. The second-order valence-electron chi connectivity index (χ2n) is 5.56. The molecule has 2 aromatic rings. The molecule has 1 atom stereocenters. The number of fused-ring (bicyclic) bond motifs is 1.